The first-order valence-corrected chi connectivity index (χ1v) is 7.55. The normalized spacial score (nSPS) is 21.7. The molecule has 2 atom stereocenters. The van der Waals surface area contributed by atoms with Gasteiger partial charge in [-0.3, -0.25) is 9.69 Å². The number of aliphatic hydroxyl groups is 1. The first-order valence-electron chi connectivity index (χ1n) is 7.55. The SMILES string of the molecule is Cc1cc(C[C@@H]2CN(CC(=O)Nc3cc(C)on3)C[C@@H]2O)on1. The second kappa shape index (κ2) is 6.51. The van der Waals surface area contributed by atoms with Gasteiger partial charge in [0.2, 0.25) is 5.91 Å². The smallest absolute Gasteiger partial charge is 0.239 e. The molecule has 2 aromatic rings. The lowest BCUT2D eigenvalue weighted by Crippen LogP contribution is -2.32. The van der Waals surface area contributed by atoms with Gasteiger partial charge in [-0.1, -0.05) is 10.3 Å². The Morgan fingerprint density at radius 1 is 1.35 bits per heavy atom. The van der Waals surface area contributed by atoms with Gasteiger partial charge in [0.1, 0.15) is 11.5 Å². The highest BCUT2D eigenvalue weighted by Gasteiger charge is 2.33. The Bertz CT molecular complexity index is 681. The Kier molecular flexibility index (Phi) is 4.44. The molecular formula is C15H20N4O4. The molecule has 1 fully saturated rings. The van der Waals surface area contributed by atoms with E-state index in [0.717, 1.165) is 11.5 Å². The van der Waals surface area contributed by atoms with Gasteiger partial charge in [0, 0.05) is 37.6 Å². The van der Waals surface area contributed by atoms with Crippen molar-refractivity contribution >= 4 is 11.7 Å². The molecule has 0 bridgehead atoms. The van der Waals surface area contributed by atoms with Gasteiger partial charge in [-0.05, 0) is 13.8 Å². The molecular weight excluding hydrogens is 300 g/mol. The summed E-state index contributed by atoms with van der Waals surface area (Å²) in [6.07, 6.45) is 0.130. The minimum atomic E-state index is -0.484. The highest BCUT2D eigenvalue weighted by Crippen LogP contribution is 2.22. The summed E-state index contributed by atoms with van der Waals surface area (Å²) < 4.78 is 10.1. The summed E-state index contributed by atoms with van der Waals surface area (Å²) >= 11 is 0. The van der Waals surface area contributed by atoms with Crippen LogP contribution in [0.4, 0.5) is 5.82 Å². The maximum absolute atomic E-state index is 12.0. The third-order valence-electron chi connectivity index (χ3n) is 3.88. The Morgan fingerprint density at radius 2 is 2.17 bits per heavy atom. The molecule has 124 valence electrons. The molecule has 0 spiro atoms. The molecule has 0 radical (unpaired) electrons. The molecule has 0 aliphatic carbocycles. The number of nitrogens with one attached hydrogen (secondary N) is 1. The van der Waals surface area contributed by atoms with E-state index in [1.165, 1.54) is 0 Å². The molecule has 8 heteroatoms. The van der Waals surface area contributed by atoms with Gasteiger partial charge in [-0.15, -0.1) is 0 Å². The predicted octanol–water partition coefficient (Wildman–Crippen LogP) is 0.753. The Hall–Kier alpha value is -2.19. The maximum atomic E-state index is 12.0. The highest BCUT2D eigenvalue weighted by molar-refractivity contribution is 5.91. The van der Waals surface area contributed by atoms with Crippen LogP contribution in [0.2, 0.25) is 0 Å². The van der Waals surface area contributed by atoms with Crippen molar-refractivity contribution in [3.8, 4) is 0 Å². The lowest BCUT2D eigenvalue weighted by Gasteiger charge is -2.14. The summed E-state index contributed by atoms with van der Waals surface area (Å²) in [5.41, 5.74) is 0.826. The number of carbonyl (C=O) groups excluding carboxylic acids is 1. The van der Waals surface area contributed by atoms with Gasteiger partial charge in [0.05, 0.1) is 18.3 Å². The molecule has 0 saturated carbocycles. The number of nitrogens with zero attached hydrogens (tertiary/aromatic N) is 3. The second-order valence-electron chi connectivity index (χ2n) is 6.03. The van der Waals surface area contributed by atoms with Crippen molar-refractivity contribution in [2.75, 3.05) is 25.0 Å². The van der Waals surface area contributed by atoms with Gasteiger partial charge < -0.3 is 19.5 Å². The molecule has 0 aromatic carbocycles. The van der Waals surface area contributed by atoms with Crippen LogP contribution >= 0.6 is 0 Å². The molecule has 2 N–H and O–H groups in total. The zero-order valence-electron chi connectivity index (χ0n) is 13.2. The topological polar surface area (TPSA) is 105 Å². The summed E-state index contributed by atoms with van der Waals surface area (Å²) in [5.74, 6) is 1.65. The Morgan fingerprint density at radius 3 is 2.83 bits per heavy atom. The van der Waals surface area contributed by atoms with Gasteiger partial charge in [0.15, 0.2) is 5.82 Å². The van der Waals surface area contributed by atoms with Gasteiger partial charge in [-0.2, -0.15) is 0 Å². The van der Waals surface area contributed by atoms with Crippen molar-refractivity contribution in [3.05, 3.63) is 29.3 Å². The summed E-state index contributed by atoms with van der Waals surface area (Å²) in [6, 6.07) is 3.53. The molecule has 3 heterocycles. The quantitative estimate of drug-likeness (QED) is 0.837. The van der Waals surface area contributed by atoms with Crippen LogP contribution in [0, 0.1) is 19.8 Å². The lowest BCUT2D eigenvalue weighted by molar-refractivity contribution is -0.117. The van der Waals surface area contributed by atoms with Crippen LogP contribution in [-0.2, 0) is 11.2 Å². The predicted molar refractivity (Wildman–Crippen MR) is 80.8 cm³/mol. The Balaban J connectivity index is 1.50. The monoisotopic (exact) mass is 320 g/mol. The van der Waals surface area contributed by atoms with E-state index in [4.69, 9.17) is 9.05 Å². The first kappa shape index (κ1) is 15.7. The lowest BCUT2D eigenvalue weighted by atomic mass is 10.0. The summed E-state index contributed by atoms with van der Waals surface area (Å²) in [6.45, 7) is 4.92. The standard InChI is InChI=1S/C15H20N4O4/c1-9-3-12(23-17-9)5-11-6-19(7-13(11)20)8-15(21)16-14-4-10(2)22-18-14/h3-4,11,13,20H,5-8H2,1-2H3,(H,16,18,21)/t11-,13+/m1/s1. The van der Waals surface area contributed by atoms with E-state index in [-0.39, 0.29) is 18.4 Å². The second-order valence-corrected chi connectivity index (χ2v) is 6.03. The summed E-state index contributed by atoms with van der Waals surface area (Å²) in [5, 5.41) is 20.4. The maximum Gasteiger partial charge on any atom is 0.239 e. The van der Waals surface area contributed by atoms with Gasteiger partial charge >= 0.3 is 0 Å². The number of hydrogen-bond acceptors (Lipinski definition) is 7. The fourth-order valence-electron chi connectivity index (χ4n) is 2.85. The van der Waals surface area contributed by atoms with Crippen molar-refractivity contribution in [2.24, 2.45) is 5.92 Å². The number of rotatable bonds is 5. The third kappa shape index (κ3) is 3.96. The van der Waals surface area contributed by atoms with E-state index < -0.39 is 6.10 Å². The first-order chi connectivity index (χ1) is 11.0. The summed E-state index contributed by atoms with van der Waals surface area (Å²) in [7, 11) is 0. The van der Waals surface area contributed by atoms with Crippen molar-refractivity contribution in [1.82, 2.24) is 15.2 Å². The average Bonchev–Trinajstić information content (AvgIpc) is 3.14. The number of aliphatic hydroxyl groups excluding tert-OH is 1. The number of hydrogen-bond donors (Lipinski definition) is 2. The van der Waals surface area contributed by atoms with Crippen LogP contribution in [0.3, 0.4) is 0 Å². The molecule has 8 nitrogen and oxygen atoms in total. The number of likely N-dealkylation sites (tertiary alicyclic amines) is 1. The Labute approximate surface area is 133 Å². The van der Waals surface area contributed by atoms with Crippen LogP contribution in [0.25, 0.3) is 0 Å². The van der Waals surface area contributed by atoms with E-state index >= 15 is 0 Å². The van der Waals surface area contributed by atoms with Crippen LogP contribution in [0.1, 0.15) is 17.2 Å². The summed E-state index contributed by atoms with van der Waals surface area (Å²) in [4.78, 5) is 13.9. The molecule has 1 saturated heterocycles. The van der Waals surface area contributed by atoms with Crippen LogP contribution in [-0.4, -0.2) is 52.0 Å². The van der Waals surface area contributed by atoms with Crippen molar-refractivity contribution < 1.29 is 18.9 Å². The molecule has 23 heavy (non-hydrogen) atoms. The van der Waals surface area contributed by atoms with E-state index in [9.17, 15) is 9.90 Å². The molecule has 0 unspecified atom stereocenters. The van der Waals surface area contributed by atoms with E-state index in [2.05, 4.69) is 15.6 Å². The zero-order valence-corrected chi connectivity index (χ0v) is 13.2. The molecule has 1 aliphatic heterocycles. The third-order valence-corrected chi connectivity index (χ3v) is 3.88. The average molecular weight is 320 g/mol. The zero-order chi connectivity index (χ0) is 16.4. The fourth-order valence-corrected chi connectivity index (χ4v) is 2.85. The molecule has 1 aliphatic rings. The van der Waals surface area contributed by atoms with E-state index in [0.29, 0.717) is 31.1 Å². The van der Waals surface area contributed by atoms with Crippen molar-refractivity contribution in [1.29, 1.82) is 0 Å². The van der Waals surface area contributed by atoms with Crippen LogP contribution < -0.4 is 5.32 Å². The number of carbonyl (C=O) groups is 1. The minimum Gasteiger partial charge on any atom is -0.391 e. The van der Waals surface area contributed by atoms with E-state index in [1.807, 2.05) is 17.9 Å². The fraction of sp³-hybridized carbons (Fsp3) is 0.533. The molecule has 1 amide bonds. The number of aryl methyl sites for hydroxylation is 2. The largest absolute Gasteiger partial charge is 0.391 e. The number of aromatic nitrogens is 2. The van der Waals surface area contributed by atoms with Crippen molar-refractivity contribution in [2.45, 2.75) is 26.4 Å². The molecule has 3 rings (SSSR count). The number of amides is 1. The van der Waals surface area contributed by atoms with E-state index in [1.54, 1.807) is 13.0 Å². The highest BCUT2D eigenvalue weighted by atomic mass is 16.5. The van der Waals surface area contributed by atoms with Crippen molar-refractivity contribution in [3.63, 3.8) is 0 Å². The van der Waals surface area contributed by atoms with Crippen LogP contribution in [0.5, 0.6) is 0 Å². The number of anilines is 1. The van der Waals surface area contributed by atoms with Crippen LogP contribution in [0.15, 0.2) is 21.2 Å². The van der Waals surface area contributed by atoms with Gasteiger partial charge in [-0.25, -0.2) is 0 Å². The van der Waals surface area contributed by atoms with Gasteiger partial charge in [0.25, 0.3) is 0 Å². The number of β-amino-alcohol motifs (C(OH)–C–C–N with tert-alkyl or cyclic N) is 1. The minimum absolute atomic E-state index is 0.0319. The molecule has 2 aromatic heterocycles.